The first-order chi connectivity index (χ1) is 8.97. The van der Waals surface area contributed by atoms with Crippen molar-refractivity contribution >= 4 is 40.3 Å². The summed E-state index contributed by atoms with van der Waals surface area (Å²) in [6, 6.07) is 4.53. The number of nitrogens with one attached hydrogen (secondary N) is 2. The van der Waals surface area contributed by atoms with Crippen molar-refractivity contribution in [1.82, 2.24) is 5.32 Å². The van der Waals surface area contributed by atoms with E-state index in [0.717, 1.165) is 9.99 Å². The lowest BCUT2D eigenvalue weighted by Gasteiger charge is -2.10. The molecule has 2 amide bonds. The lowest BCUT2D eigenvalue weighted by molar-refractivity contribution is 0.0698. The number of carbonyl (C=O) groups excluding carboxylic acids is 1. The molecule has 0 aliphatic heterocycles. The zero-order valence-electron chi connectivity index (χ0n) is 10.4. The summed E-state index contributed by atoms with van der Waals surface area (Å²) in [5.74, 6) is 0.180. The van der Waals surface area contributed by atoms with E-state index in [2.05, 4.69) is 17.6 Å². The normalized spacial score (nSPS) is 20.7. The smallest absolute Gasteiger partial charge is 0.337 e. The number of urea groups is 1. The third-order valence-corrected chi connectivity index (χ3v) is 3.93. The summed E-state index contributed by atoms with van der Waals surface area (Å²) in [6.45, 7) is 2.78. The average molecular weight is 374 g/mol. The van der Waals surface area contributed by atoms with Gasteiger partial charge in [-0.15, -0.1) is 0 Å². The van der Waals surface area contributed by atoms with Crippen molar-refractivity contribution in [2.24, 2.45) is 11.8 Å². The predicted molar refractivity (Wildman–Crippen MR) is 80.4 cm³/mol. The molecule has 3 N–H and O–H groups in total. The molecule has 1 aliphatic carbocycles. The number of carboxylic acid groups (broad SMARTS) is 1. The van der Waals surface area contributed by atoms with E-state index in [1.165, 1.54) is 6.07 Å². The van der Waals surface area contributed by atoms with E-state index in [0.29, 0.717) is 24.1 Å². The van der Waals surface area contributed by atoms with Crippen LogP contribution in [0.25, 0.3) is 0 Å². The van der Waals surface area contributed by atoms with E-state index in [9.17, 15) is 9.59 Å². The van der Waals surface area contributed by atoms with Crippen molar-refractivity contribution < 1.29 is 14.7 Å². The highest BCUT2D eigenvalue weighted by Gasteiger charge is 2.32. The van der Waals surface area contributed by atoms with Crippen molar-refractivity contribution in [3.05, 3.63) is 27.3 Å². The lowest BCUT2D eigenvalue weighted by atomic mass is 10.2. The fraction of sp³-hybridized carbons (Fsp3) is 0.385. The Morgan fingerprint density at radius 2 is 2.16 bits per heavy atom. The molecule has 6 heteroatoms. The fourth-order valence-corrected chi connectivity index (χ4v) is 2.37. The Morgan fingerprint density at radius 3 is 2.74 bits per heavy atom. The van der Waals surface area contributed by atoms with Crippen LogP contribution in [0.1, 0.15) is 23.7 Å². The Morgan fingerprint density at radius 1 is 1.47 bits per heavy atom. The van der Waals surface area contributed by atoms with Crippen LogP contribution in [0.3, 0.4) is 0 Å². The van der Waals surface area contributed by atoms with Crippen LogP contribution < -0.4 is 10.6 Å². The number of carboxylic acids is 1. The van der Waals surface area contributed by atoms with Crippen LogP contribution in [0.4, 0.5) is 10.5 Å². The summed E-state index contributed by atoms with van der Waals surface area (Å²) >= 11 is 2.03. The second-order valence-electron chi connectivity index (χ2n) is 4.80. The van der Waals surface area contributed by atoms with Crippen molar-refractivity contribution in [2.75, 3.05) is 11.9 Å². The third-order valence-electron chi connectivity index (χ3n) is 3.26. The van der Waals surface area contributed by atoms with Gasteiger partial charge < -0.3 is 15.7 Å². The van der Waals surface area contributed by atoms with Crippen LogP contribution in [-0.4, -0.2) is 23.7 Å². The van der Waals surface area contributed by atoms with Crippen molar-refractivity contribution in [1.29, 1.82) is 0 Å². The van der Waals surface area contributed by atoms with Crippen molar-refractivity contribution in [2.45, 2.75) is 13.3 Å². The molecule has 0 bridgehead atoms. The standard InChI is InChI=1S/C13H15IN2O3/c1-7-4-8(7)6-15-13(19)16-11-3-2-9(14)5-10(11)12(17)18/h2-3,5,7-8H,4,6H2,1H3,(H,17,18)(H2,15,16,19). The molecule has 0 radical (unpaired) electrons. The summed E-state index contributed by atoms with van der Waals surface area (Å²) in [5.41, 5.74) is 0.413. The zero-order valence-corrected chi connectivity index (χ0v) is 12.6. The highest BCUT2D eigenvalue weighted by atomic mass is 127. The first-order valence-electron chi connectivity index (χ1n) is 6.05. The predicted octanol–water partition coefficient (Wildman–Crippen LogP) is 2.77. The average Bonchev–Trinajstić information content (AvgIpc) is 3.05. The van der Waals surface area contributed by atoms with Crippen LogP contribution in [0.5, 0.6) is 0 Å². The van der Waals surface area contributed by atoms with Gasteiger partial charge in [-0.2, -0.15) is 0 Å². The highest BCUT2D eigenvalue weighted by Crippen LogP contribution is 2.36. The topological polar surface area (TPSA) is 78.4 Å². The molecule has 2 unspecified atom stereocenters. The van der Waals surface area contributed by atoms with Gasteiger partial charge in [-0.05, 0) is 59.0 Å². The van der Waals surface area contributed by atoms with E-state index in [1.807, 2.05) is 22.6 Å². The van der Waals surface area contributed by atoms with Gasteiger partial charge >= 0.3 is 12.0 Å². The SMILES string of the molecule is CC1CC1CNC(=O)Nc1ccc(I)cc1C(=O)O. The number of aromatic carboxylic acids is 1. The molecule has 0 heterocycles. The quantitative estimate of drug-likeness (QED) is 0.710. The Hall–Kier alpha value is -1.31. The number of benzene rings is 1. The first-order valence-corrected chi connectivity index (χ1v) is 7.13. The Bertz CT molecular complexity index is 519. The third kappa shape index (κ3) is 3.82. The maximum absolute atomic E-state index is 11.7. The minimum atomic E-state index is -1.05. The fourth-order valence-electron chi connectivity index (χ4n) is 1.88. The van der Waals surface area contributed by atoms with Crippen LogP contribution >= 0.6 is 22.6 Å². The maximum atomic E-state index is 11.7. The minimum Gasteiger partial charge on any atom is -0.478 e. The minimum absolute atomic E-state index is 0.0989. The van der Waals surface area contributed by atoms with E-state index in [-0.39, 0.29) is 11.6 Å². The van der Waals surface area contributed by atoms with E-state index in [4.69, 9.17) is 5.11 Å². The number of rotatable bonds is 4. The molecule has 2 atom stereocenters. The second kappa shape index (κ2) is 5.77. The highest BCUT2D eigenvalue weighted by molar-refractivity contribution is 14.1. The Labute approximate surface area is 124 Å². The number of hydrogen-bond donors (Lipinski definition) is 3. The molecular formula is C13H15IN2O3. The first kappa shape index (κ1) is 14.1. The number of anilines is 1. The van der Waals surface area contributed by atoms with Gasteiger partial charge in [0, 0.05) is 10.1 Å². The van der Waals surface area contributed by atoms with Gasteiger partial charge in [-0.3, -0.25) is 0 Å². The largest absolute Gasteiger partial charge is 0.478 e. The van der Waals surface area contributed by atoms with Gasteiger partial charge in [0.1, 0.15) is 0 Å². The van der Waals surface area contributed by atoms with E-state index >= 15 is 0 Å². The molecule has 0 saturated heterocycles. The van der Waals surface area contributed by atoms with E-state index in [1.54, 1.807) is 12.1 Å². The zero-order chi connectivity index (χ0) is 14.0. The van der Waals surface area contributed by atoms with Crippen LogP contribution in [-0.2, 0) is 0 Å². The van der Waals surface area contributed by atoms with Gasteiger partial charge in [-0.1, -0.05) is 6.92 Å². The summed E-state index contributed by atoms with van der Waals surface area (Å²) in [6.07, 6.45) is 1.14. The van der Waals surface area contributed by atoms with E-state index < -0.39 is 5.97 Å². The molecule has 1 aromatic carbocycles. The lowest BCUT2D eigenvalue weighted by Crippen LogP contribution is -2.31. The number of hydrogen-bond acceptors (Lipinski definition) is 2. The number of halogens is 1. The summed E-state index contributed by atoms with van der Waals surface area (Å²) < 4.78 is 0.813. The molecule has 0 aromatic heterocycles. The number of carbonyl (C=O) groups is 2. The molecule has 1 fully saturated rings. The van der Waals surface area contributed by atoms with Gasteiger partial charge in [-0.25, -0.2) is 9.59 Å². The van der Waals surface area contributed by atoms with Crippen LogP contribution in [0.2, 0.25) is 0 Å². The summed E-state index contributed by atoms with van der Waals surface area (Å²) in [7, 11) is 0. The molecule has 1 aromatic rings. The molecule has 102 valence electrons. The van der Waals surface area contributed by atoms with Gasteiger partial charge in [0.05, 0.1) is 11.3 Å². The molecule has 2 rings (SSSR count). The van der Waals surface area contributed by atoms with Crippen LogP contribution in [0, 0.1) is 15.4 Å². The van der Waals surface area contributed by atoms with Gasteiger partial charge in [0.25, 0.3) is 0 Å². The maximum Gasteiger partial charge on any atom is 0.337 e. The molecule has 5 nitrogen and oxygen atoms in total. The van der Waals surface area contributed by atoms with Gasteiger partial charge in [0.2, 0.25) is 0 Å². The van der Waals surface area contributed by atoms with Crippen molar-refractivity contribution in [3.8, 4) is 0 Å². The molecule has 1 saturated carbocycles. The van der Waals surface area contributed by atoms with Gasteiger partial charge in [0.15, 0.2) is 0 Å². The second-order valence-corrected chi connectivity index (χ2v) is 6.05. The molecule has 0 spiro atoms. The van der Waals surface area contributed by atoms with Crippen LogP contribution in [0.15, 0.2) is 18.2 Å². The Kier molecular flexibility index (Phi) is 4.28. The molecule has 19 heavy (non-hydrogen) atoms. The number of amides is 2. The molecular weight excluding hydrogens is 359 g/mol. The Balaban J connectivity index is 1.97. The van der Waals surface area contributed by atoms with Crippen molar-refractivity contribution in [3.63, 3.8) is 0 Å². The monoisotopic (exact) mass is 374 g/mol. The summed E-state index contributed by atoms with van der Waals surface area (Å²) in [4.78, 5) is 22.8. The summed E-state index contributed by atoms with van der Waals surface area (Å²) in [5, 5.41) is 14.4. The molecule has 1 aliphatic rings.